The third-order valence-electron chi connectivity index (χ3n) is 8.30. The zero-order valence-electron chi connectivity index (χ0n) is 23.8. The van der Waals surface area contributed by atoms with Crippen molar-refractivity contribution in [1.82, 2.24) is 19.8 Å². The maximum Gasteiger partial charge on any atom is 0.275 e. The fourth-order valence-corrected chi connectivity index (χ4v) is 6.24. The highest BCUT2D eigenvalue weighted by atomic mass is 19.1. The van der Waals surface area contributed by atoms with Crippen LogP contribution in [0.5, 0.6) is 5.75 Å². The number of aliphatic hydroxyl groups is 1. The van der Waals surface area contributed by atoms with Gasteiger partial charge >= 0.3 is 0 Å². The Morgan fingerprint density at radius 3 is 2.80 bits per heavy atom. The Bertz CT molecular complexity index is 1320. The first-order valence-electron chi connectivity index (χ1n) is 14.4. The molecule has 3 aromatic rings. The molecule has 1 aliphatic carbocycles. The van der Waals surface area contributed by atoms with Crippen molar-refractivity contribution in [2.75, 3.05) is 52.3 Å². The van der Waals surface area contributed by atoms with E-state index in [1.165, 1.54) is 13.2 Å². The number of ether oxygens (including phenoxy) is 2. The summed E-state index contributed by atoms with van der Waals surface area (Å²) in [7, 11) is 3.05. The minimum absolute atomic E-state index is 0.0688. The number of hydrogen-bond donors (Lipinski definition) is 3. The molecular weight excluding hydrogens is 525 g/mol. The number of nitrogens with zero attached hydrogens (tertiary/aromatic N) is 3. The molecule has 0 radical (unpaired) electrons. The molecule has 1 amide bonds. The second-order valence-electron chi connectivity index (χ2n) is 10.9. The van der Waals surface area contributed by atoms with Gasteiger partial charge in [0.1, 0.15) is 5.60 Å². The van der Waals surface area contributed by atoms with E-state index in [0.29, 0.717) is 50.4 Å². The molecule has 3 N–H and O–H groups in total. The van der Waals surface area contributed by atoms with E-state index >= 15 is 0 Å². The highest BCUT2D eigenvalue weighted by Gasteiger charge is 2.42. The van der Waals surface area contributed by atoms with Crippen LogP contribution in [0.2, 0.25) is 0 Å². The van der Waals surface area contributed by atoms with Gasteiger partial charge in [0.25, 0.3) is 5.91 Å². The minimum atomic E-state index is -1.04. The maximum absolute atomic E-state index is 14.2. The standard InChI is InChI=1S/C31H40FN5O4/c1-40-20-31(39)14-7-6-10-27(31)37-21-35-28(29(37)22-8-4-3-5-9-22)30(38)36-17-16-33-19-24(36)13-15-34-23-11-12-26(41-2)25(32)18-23/h3-5,8-9,11-12,18,21,24,27,33-34,39H,6-7,10,13-17,19-20H2,1-2H3/t24-,27-,31-/m1/s1. The second kappa shape index (κ2) is 13.0. The summed E-state index contributed by atoms with van der Waals surface area (Å²) in [6, 6.07) is 14.3. The molecule has 9 nitrogen and oxygen atoms in total. The van der Waals surface area contributed by atoms with Gasteiger partial charge in [-0.15, -0.1) is 0 Å². The topological polar surface area (TPSA) is 101 Å². The Morgan fingerprint density at radius 1 is 1.22 bits per heavy atom. The maximum atomic E-state index is 14.2. The average molecular weight is 566 g/mol. The fraction of sp³-hybridized carbons (Fsp3) is 0.484. The lowest BCUT2D eigenvalue weighted by Crippen LogP contribution is -2.54. The molecular formula is C31H40FN5O4. The molecule has 5 rings (SSSR count). The smallest absolute Gasteiger partial charge is 0.275 e. The SMILES string of the molecule is COC[C@]1(O)CCCC[C@H]1n1cnc(C(=O)N2CCNC[C@H]2CCNc2ccc(OC)c(F)c2)c1-c1ccccc1. The quantitative estimate of drug-likeness (QED) is 0.340. The average Bonchev–Trinajstić information content (AvgIpc) is 3.43. The first-order valence-corrected chi connectivity index (χ1v) is 14.4. The molecule has 1 aliphatic heterocycles. The van der Waals surface area contributed by atoms with Crippen LogP contribution in [0.3, 0.4) is 0 Å². The zero-order chi connectivity index (χ0) is 28.8. The van der Waals surface area contributed by atoms with Crippen molar-refractivity contribution in [2.45, 2.75) is 49.8 Å². The van der Waals surface area contributed by atoms with Crippen molar-refractivity contribution < 1.29 is 23.8 Å². The Morgan fingerprint density at radius 2 is 2.05 bits per heavy atom. The van der Waals surface area contributed by atoms with Gasteiger partial charge < -0.3 is 34.7 Å². The van der Waals surface area contributed by atoms with Crippen LogP contribution in [0.15, 0.2) is 54.9 Å². The molecule has 3 atom stereocenters. The molecule has 1 saturated carbocycles. The number of anilines is 1. The molecule has 1 saturated heterocycles. The number of carbonyl (C=O) groups is 1. The number of benzene rings is 2. The summed E-state index contributed by atoms with van der Waals surface area (Å²) < 4.78 is 26.6. The first kappa shape index (κ1) is 29.0. The van der Waals surface area contributed by atoms with E-state index in [1.807, 2.05) is 39.8 Å². The number of rotatable bonds is 10. The lowest BCUT2D eigenvalue weighted by molar-refractivity contribution is -0.0893. The molecule has 2 aromatic carbocycles. The summed E-state index contributed by atoms with van der Waals surface area (Å²) in [6.07, 6.45) is 5.70. The number of aromatic nitrogens is 2. The monoisotopic (exact) mass is 565 g/mol. The molecule has 10 heteroatoms. The van der Waals surface area contributed by atoms with Crippen LogP contribution >= 0.6 is 0 Å². The molecule has 0 spiro atoms. The normalized spacial score (nSPS) is 22.9. The van der Waals surface area contributed by atoms with Crippen molar-refractivity contribution >= 4 is 11.6 Å². The van der Waals surface area contributed by atoms with Crippen molar-refractivity contribution in [3.63, 3.8) is 0 Å². The molecule has 0 bridgehead atoms. The minimum Gasteiger partial charge on any atom is -0.494 e. The van der Waals surface area contributed by atoms with Gasteiger partial charge in [-0.25, -0.2) is 9.37 Å². The summed E-state index contributed by atoms with van der Waals surface area (Å²) in [4.78, 5) is 20.8. The van der Waals surface area contributed by atoms with Gasteiger partial charge in [-0.3, -0.25) is 4.79 Å². The Kier molecular flexibility index (Phi) is 9.22. The van der Waals surface area contributed by atoms with Crippen molar-refractivity contribution in [2.24, 2.45) is 0 Å². The van der Waals surface area contributed by atoms with E-state index in [4.69, 9.17) is 9.47 Å². The predicted molar refractivity (Wildman–Crippen MR) is 156 cm³/mol. The van der Waals surface area contributed by atoms with Gasteiger partial charge in [-0.2, -0.15) is 0 Å². The number of imidazole rings is 1. The number of piperazine rings is 1. The lowest BCUT2D eigenvalue weighted by Gasteiger charge is -2.41. The van der Waals surface area contributed by atoms with E-state index < -0.39 is 11.4 Å². The molecule has 220 valence electrons. The zero-order valence-corrected chi connectivity index (χ0v) is 23.8. The van der Waals surface area contributed by atoms with Crippen LogP contribution in [0.4, 0.5) is 10.1 Å². The van der Waals surface area contributed by atoms with Crippen LogP contribution in [0.25, 0.3) is 11.3 Å². The first-order chi connectivity index (χ1) is 19.9. The largest absolute Gasteiger partial charge is 0.494 e. The predicted octanol–water partition coefficient (Wildman–Crippen LogP) is 4.11. The number of nitrogens with one attached hydrogen (secondary N) is 2. The van der Waals surface area contributed by atoms with E-state index in [-0.39, 0.29) is 30.3 Å². The van der Waals surface area contributed by atoms with Gasteiger partial charge in [0.2, 0.25) is 0 Å². The second-order valence-corrected chi connectivity index (χ2v) is 10.9. The third-order valence-corrected chi connectivity index (χ3v) is 8.30. The summed E-state index contributed by atoms with van der Waals surface area (Å²) in [5, 5.41) is 18.3. The summed E-state index contributed by atoms with van der Waals surface area (Å²) in [5.74, 6) is -0.352. The number of carbonyl (C=O) groups excluding carboxylic acids is 1. The van der Waals surface area contributed by atoms with Crippen LogP contribution in [0.1, 0.15) is 48.6 Å². The number of hydrogen-bond acceptors (Lipinski definition) is 7. The summed E-state index contributed by atoms with van der Waals surface area (Å²) >= 11 is 0. The Balaban J connectivity index is 1.40. The van der Waals surface area contributed by atoms with Crippen LogP contribution in [-0.4, -0.2) is 84.1 Å². The van der Waals surface area contributed by atoms with Crippen molar-refractivity contribution in [3.05, 3.63) is 66.4 Å². The molecule has 2 fully saturated rings. The van der Waals surface area contributed by atoms with Crippen molar-refractivity contribution in [3.8, 4) is 17.0 Å². The van der Waals surface area contributed by atoms with Gasteiger partial charge in [-0.1, -0.05) is 43.2 Å². The van der Waals surface area contributed by atoms with Crippen molar-refractivity contribution in [1.29, 1.82) is 0 Å². The van der Waals surface area contributed by atoms with E-state index in [1.54, 1.807) is 25.6 Å². The molecule has 41 heavy (non-hydrogen) atoms. The van der Waals surface area contributed by atoms with Gasteiger partial charge in [0.15, 0.2) is 17.3 Å². The van der Waals surface area contributed by atoms with Crippen LogP contribution in [-0.2, 0) is 4.74 Å². The highest BCUT2D eigenvalue weighted by molar-refractivity contribution is 5.98. The van der Waals surface area contributed by atoms with E-state index in [0.717, 1.165) is 30.5 Å². The van der Waals surface area contributed by atoms with E-state index in [9.17, 15) is 14.3 Å². The number of amides is 1. The Hall–Kier alpha value is -3.47. The highest BCUT2D eigenvalue weighted by Crippen LogP contribution is 2.41. The Labute approximate surface area is 240 Å². The van der Waals surface area contributed by atoms with Crippen LogP contribution < -0.4 is 15.4 Å². The third kappa shape index (κ3) is 6.24. The molecule has 0 unspecified atom stereocenters. The number of halogens is 1. The summed E-state index contributed by atoms with van der Waals surface area (Å²) in [6.45, 7) is 2.68. The number of methoxy groups -OCH3 is 2. The molecule has 1 aromatic heterocycles. The lowest BCUT2D eigenvalue weighted by atomic mass is 9.80. The molecule has 2 aliphatic rings. The molecule has 2 heterocycles. The summed E-state index contributed by atoms with van der Waals surface area (Å²) in [5.41, 5.74) is 1.61. The van der Waals surface area contributed by atoms with Gasteiger partial charge in [0, 0.05) is 56.6 Å². The van der Waals surface area contributed by atoms with Gasteiger partial charge in [0.05, 0.1) is 31.8 Å². The van der Waals surface area contributed by atoms with Gasteiger partial charge in [-0.05, 0) is 31.4 Å². The van der Waals surface area contributed by atoms with E-state index in [2.05, 4.69) is 15.6 Å². The van der Waals surface area contributed by atoms with Crippen LogP contribution in [0, 0.1) is 5.82 Å². The fourth-order valence-electron chi connectivity index (χ4n) is 6.24.